The van der Waals surface area contributed by atoms with Gasteiger partial charge in [-0.05, 0) is 77.0 Å². The van der Waals surface area contributed by atoms with E-state index in [0.29, 0.717) is 19.3 Å². The zero-order chi connectivity index (χ0) is 59.2. The highest BCUT2D eigenvalue weighted by atomic mass is 16.6. The van der Waals surface area contributed by atoms with Gasteiger partial charge in [-0.15, -0.1) is 0 Å². The van der Waals surface area contributed by atoms with Gasteiger partial charge in [0.2, 0.25) is 0 Å². The number of hydrogen-bond donors (Lipinski definition) is 0. The first-order valence-corrected chi connectivity index (χ1v) is 37.0. The molecule has 1 atom stereocenters. The summed E-state index contributed by atoms with van der Waals surface area (Å²) in [5.41, 5.74) is 0. The smallest absolute Gasteiger partial charge is 0.306 e. The van der Waals surface area contributed by atoms with Crippen molar-refractivity contribution in [1.29, 1.82) is 0 Å². The minimum atomic E-state index is -0.779. The lowest BCUT2D eigenvalue weighted by atomic mass is 10.0. The highest BCUT2D eigenvalue weighted by Crippen LogP contribution is 2.19. The molecule has 82 heavy (non-hydrogen) atoms. The van der Waals surface area contributed by atoms with Gasteiger partial charge in [-0.3, -0.25) is 14.4 Å². The lowest BCUT2D eigenvalue weighted by molar-refractivity contribution is -0.167. The van der Waals surface area contributed by atoms with E-state index in [1.165, 1.54) is 295 Å². The quantitative estimate of drug-likeness (QED) is 0.0261. The molecule has 0 N–H and O–H groups in total. The van der Waals surface area contributed by atoms with Crippen LogP contribution in [0.5, 0.6) is 0 Å². The van der Waals surface area contributed by atoms with Gasteiger partial charge < -0.3 is 14.2 Å². The number of carbonyl (C=O) groups is 3. The molecule has 0 spiro atoms. The maximum Gasteiger partial charge on any atom is 0.306 e. The molecule has 482 valence electrons. The Kier molecular flexibility index (Phi) is 69.1. The number of carbonyl (C=O) groups excluding carboxylic acids is 3. The van der Waals surface area contributed by atoms with Crippen molar-refractivity contribution in [2.75, 3.05) is 13.2 Å². The van der Waals surface area contributed by atoms with Crippen LogP contribution in [0.4, 0.5) is 0 Å². The largest absolute Gasteiger partial charge is 0.462 e. The fourth-order valence-electron chi connectivity index (χ4n) is 11.3. The Morgan fingerprint density at radius 2 is 0.439 bits per heavy atom. The van der Waals surface area contributed by atoms with Crippen molar-refractivity contribution in [2.24, 2.45) is 0 Å². The lowest BCUT2D eigenvalue weighted by Gasteiger charge is -2.18. The van der Waals surface area contributed by atoms with Gasteiger partial charge in [-0.25, -0.2) is 0 Å². The maximum absolute atomic E-state index is 12.9. The molecule has 0 aromatic rings. The van der Waals surface area contributed by atoms with E-state index >= 15 is 0 Å². The summed E-state index contributed by atoms with van der Waals surface area (Å²) in [5.74, 6) is -0.861. The molecule has 0 radical (unpaired) electrons. The molecular formula is C76H142O6. The summed E-state index contributed by atoms with van der Waals surface area (Å²) in [6, 6.07) is 0. The van der Waals surface area contributed by atoms with Crippen LogP contribution in [0.2, 0.25) is 0 Å². The minimum Gasteiger partial charge on any atom is -0.462 e. The molecule has 0 amide bonds. The van der Waals surface area contributed by atoms with E-state index in [2.05, 4.69) is 57.2 Å². The van der Waals surface area contributed by atoms with E-state index in [-0.39, 0.29) is 31.1 Å². The van der Waals surface area contributed by atoms with E-state index in [0.717, 1.165) is 77.0 Å². The third-order valence-electron chi connectivity index (χ3n) is 16.9. The second-order valence-electron chi connectivity index (χ2n) is 25.2. The Hall–Kier alpha value is -2.37. The molecule has 0 aliphatic heterocycles. The highest BCUT2D eigenvalue weighted by Gasteiger charge is 2.19. The number of allylic oxidation sites excluding steroid dienone is 6. The van der Waals surface area contributed by atoms with Gasteiger partial charge in [0.25, 0.3) is 0 Å². The van der Waals surface area contributed by atoms with E-state index < -0.39 is 6.10 Å². The molecule has 0 heterocycles. The molecule has 0 saturated carbocycles. The van der Waals surface area contributed by atoms with Crippen molar-refractivity contribution in [2.45, 2.75) is 419 Å². The van der Waals surface area contributed by atoms with Gasteiger partial charge in [-0.2, -0.15) is 0 Å². The second kappa shape index (κ2) is 71.1. The van der Waals surface area contributed by atoms with Crippen LogP contribution in [0.15, 0.2) is 36.5 Å². The molecule has 0 aromatic heterocycles. The summed E-state index contributed by atoms with van der Waals surface area (Å²) in [6.07, 6.45) is 89.1. The SMILES string of the molecule is CCCCC/C=C\C/C=C\CCCCCCCCCC(=O)OC(COC(=O)CCCCCCC/C=C\CCCCCCCCC)COC(=O)CCCCCCCCCCCCCCCCCCCCCCCCCCCCCCCCC. The number of unbranched alkanes of at least 4 members (excludes halogenated alkanes) is 52. The van der Waals surface area contributed by atoms with Crippen molar-refractivity contribution < 1.29 is 28.6 Å². The van der Waals surface area contributed by atoms with E-state index in [9.17, 15) is 14.4 Å². The van der Waals surface area contributed by atoms with Gasteiger partial charge in [0.05, 0.1) is 0 Å². The number of ether oxygens (including phenoxy) is 3. The first kappa shape index (κ1) is 79.6. The van der Waals surface area contributed by atoms with Crippen LogP contribution >= 0.6 is 0 Å². The van der Waals surface area contributed by atoms with Crippen LogP contribution in [0.1, 0.15) is 412 Å². The van der Waals surface area contributed by atoms with Crippen molar-refractivity contribution in [1.82, 2.24) is 0 Å². The predicted molar refractivity (Wildman–Crippen MR) is 358 cm³/mol. The molecule has 0 saturated heterocycles. The van der Waals surface area contributed by atoms with Crippen molar-refractivity contribution in [3.8, 4) is 0 Å². The zero-order valence-electron chi connectivity index (χ0n) is 55.5. The summed E-state index contributed by atoms with van der Waals surface area (Å²) in [5, 5.41) is 0. The molecule has 0 rings (SSSR count). The summed E-state index contributed by atoms with van der Waals surface area (Å²) in [7, 11) is 0. The fourth-order valence-corrected chi connectivity index (χ4v) is 11.3. The molecule has 6 nitrogen and oxygen atoms in total. The van der Waals surface area contributed by atoms with Gasteiger partial charge in [0.1, 0.15) is 13.2 Å². The third kappa shape index (κ3) is 68.4. The summed E-state index contributed by atoms with van der Waals surface area (Å²) in [4.78, 5) is 38.4. The Bertz CT molecular complexity index is 1370. The van der Waals surface area contributed by atoms with Crippen molar-refractivity contribution in [3.05, 3.63) is 36.5 Å². The number of esters is 3. The normalized spacial score (nSPS) is 12.2. The molecule has 0 bridgehead atoms. The summed E-state index contributed by atoms with van der Waals surface area (Å²) < 4.78 is 17.0. The zero-order valence-corrected chi connectivity index (χ0v) is 55.5. The van der Waals surface area contributed by atoms with E-state index in [1.807, 2.05) is 0 Å². The Labute approximate surface area is 512 Å². The summed E-state index contributed by atoms with van der Waals surface area (Å²) in [6.45, 7) is 6.68. The monoisotopic (exact) mass is 1150 g/mol. The van der Waals surface area contributed by atoms with Gasteiger partial charge >= 0.3 is 17.9 Å². The highest BCUT2D eigenvalue weighted by molar-refractivity contribution is 5.71. The molecule has 1 unspecified atom stereocenters. The second-order valence-corrected chi connectivity index (χ2v) is 25.2. The molecule has 0 aliphatic carbocycles. The molecule has 0 fully saturated rings. The van der Waals surface area contributed by atoms with Gasteiger partial charge in [-0.1, -0.05) is 353 Å². The lowest BCUT2D eigenvalue weighted by Crippen LogP contribution is -2.30. The summed E-state index contributed by atoms with van der Waals surface area (Å²) >= 11 is 0. The van der Waals surface area contributed by atoms with Crippen LogP contribution in [0.3, 0.4) is 0 Å². The molecule has 6 heteroatoms. The minimum absolute atomic E-state index is 0.0735. The topological polar surface area (TPSA) is 78.9 Å². The van der Waals surface area contributed by atoms with E-state index in [4.69, 9.17) is 14.2 Å². The Morgan fingerprint density at radius 1 is 0.244 bits per heavy atom. The Morgan fingerprint density at radius 3 is 0.707 bits per heavy atom. The van der Waals surface area contributed by atoms with E-state index in [1.54, 1.807) is 0 Å². The number of rotatable bonds is 69. The van der Waals surface area contributed by atoms with Crippen LogP contribution in [-0.4, -0.2) is 37.2 Å². The predicted octanol–water partition coefficient (Wildman–Crippen LogP) is 25.5. The molecule has 0 aliphatic rings. The standard InChI is InChI=1S/C76H142O6/c1-4-7-10-13-16-19-22-25-28-31-32-33-34-35-36-37-38-39-40-41-42-43-44-46-48-51-54-57-60-63-66-69-75(78)81-72-73(71-80-74(77)68-65-62-59-56-53-50-47-30-27-24-21-18-15-12-9-6-3)82-76(79)70-67-64-61-58-55-52-49-45-29-26-23-20-17-14-11-8-5-2/h17,20,26,29-30,47,73H,4-16,18-19,21-25,27-28,31-46,48-72H2,1-3H3/b20-17-,29-26-,47-30-. The first-order chi connectivity index (χ1) is 40.5. The Balaban J connectivity index is 4.17. The van der Waals surface area contributed by atoms with Gasteiger partial charge in [0.15, 0.2) is 6.10 Å². The van der Waals surface area contributed by atoms with Crippen molar-refractivity contribution >= 4 is 17.9 Å². The fraction of sp³-hybridized carbons (Fsp3) is 0.882. The first-order valence-electron chi connectivity index (χ1n) is 37.0. The van der Waals surface area contributed by atoms with Crippen LogP contribution in [-0.2, 0) is 28.6 Å². The maximum atomic E-state index is 12.9. The molecular weight excluding hydrogens is 1010 g/mol. The number of hydrogen-bond acceptors (Lipinski definition) is 6. The average molecular weight is 1150 g/mol. The van der Waals surface area contributed by atoms with Crippen molar-refractivity contribution in [3.63, 3.8) is 0 Å². The van der Waals surface area contributed by atoms with Crippen LogP contribution in [0, 0.1) is 0 Å². The average Bonchev–Trinajstić information content (AvgIpc) is 3.47. The van der Waals surface area contributed by atoms with Crippen LogP contribution in [0.25, 0.3) is 0 Å². The van der Waals surface area contributed by atoms with Gasteiger partial charge in [0, 0.05) is 19.3 Å². The molecule has 0 aromatic carbocycles. The van der Waals surface area contributed by atoms with Crippen LogP contribution < -0.4 is 0 Å². The third-order valence-corrected chi connectivity index (χ3v) is 16.9.